The van der Waals surface area contributed by atoms with Gasteiger partial charge in [-0.15, -0.1) is 0 Å². The van der Waals surface area contributed by atoms with Crippen LogP contribution in [-0.2, 0) is 4.79 Å². The summed E-state index contributed by atoms with van der Waals surface area (Å²) in [7, 11) is 0. The van der Waals surface area contributed by atoms with Gasteiger partial charge in [0.1, 0.15) is 5.75 Å². The van der Waals surface area contributed by atoms with Crippen molar-refractivity contribution in [3.63, 3.8) is 0 Å². The number of nitrogens with zero attached hydrogens (tertiary/aromatic N) is 3. The van der Waals surface area contributed by atoms with Gasteiger partial charge in [0.15, 0.2) is 5.82 Å². The highest BCUT2D eigenvalue weighted by Gasteiger charge is 2.23. The lowest BCUT2D eigenvalue weighted by molar-refractivity contribution is -0.134. The molecule has 1 saturated carbocycles. The van der Waals surface area contributed by atoms with Crippen LogP contribution in [0.5, 0.6) is 5.75 Å². The van der Waals surface area contributed by atoms with Crippen LogP contribution in [0.25, 0.3) is 11.4 Å². The number of aromatic nitrogens is 2. The maximum absolute atomic E-state index is 11.9. The largest absolute Gasteiger partial charge is 0.426 e. The summed E-state index contributed by atoms with van der Waals surface area (Å²) in [5.41, 5.74) is 1.89. The molecular weight excluding hydrogens is 374 g/mol. The second-order valence-corrected chi connectivity index (χ2v) is 8.18. The first kappa shape index (κ1) is 22.0. The lowest BCUT2D eigenvalue weighted by Crippen LogP contribution is -2.14. The van der Waals surface area contributed by atoms with Gasteiger partial charge in [0.05, 0.1) is 18.1 Å². The highest BCUT2D eigenvalue weighted by Crippen LogP contribution is 2.38. The Hall–Kier alpha value is -2.74. The number of hydrogen-bond donors (Lipinski definition) is 0. The molecule has 0 unspecified atom stereocenters. The molecule has 1 aromatic heterocycles. The second kappa shape index (κ2) is 11.4. The molecule has 0 bridgehead atoms. The van der Waals surface area contributed by atoms with E-state index < -0.39 is 5.97 Å². The fourth-order valence-electron chi connectivity index (χ4n) is 4.23. The summed E-state index contributed by atoms with van der Waals surface area (Å²) in [5, 5.41) is 8.63. The van der Waals surface area contributed by atoms with E-state index in [0.29, 0.717) is 23.1 Å². The van der Waals surface area contributed by atoms with Crippen LogP contribution in [0.4, 0.5) is 0 Å². The summed E-state index contributed by atoms with van der Waals surface area (Å²) >= 11 is 0. The van der Waals surface area contributed by atoms with Crippen molar-refractivity contribution in [3.05, 3.63) is 42.2 Å². The molecule has 1 aliphatic carbocycles. The van der Waals surface area contributed by atoms with Gasteiger partial charge >= 0.3 is 5.97 Å². The molecule has 0 atom stereocenters. The third kappa shape index (κ3) is 6.13. The van der Waals surface area contributed by atoms with Crippen molar-refractivity contribution in [1.29, 1.82) is 5.26 Å². The molecule has 5 nitrogen and oxygen atoms in total. The van der Waals surface area contributed by atoms with Crippen LogP contribution >= 0.6 is 0 Å². The van der Waals surface area contributed by atoms with Crippen LogP contribution < -0.4 is 4.74 Å². The lowest BCUT2D eigenvalue weighted by Gasteiger charge is -2.28. The molecule has 0 radical (unpaired) electrons. The molecule has 0 spiro atoms. The van der Waals surface area contributed by atoms with Gasteiger partial charge in [-0.05, 0) is 55.2 Å². The highest BCUT2D eigenvalue weighted by molar-refractivity contribution is 5.76. The Bertz CT molecular complexity index is 849. The number of esters is 1. The van der Waals surface area contributed by atoms with E-state index in [0.717, 1.165) is 5.92 Å². The molecule has 0 N–H and O–H groups in total. The van der Waals surface area contributed by atoms with Crippen LogP contribution in [-0.4, -0.2) is 15.9 Å². The average molecular weight is 406 g/mol. The van der Waals surface area contributed by atoms with Crippen molar-refractivity contribution in [1.82, 2.24) is 9.97 Å². The maximum atomic E-state index is 11.9. The maximum Gasteiger partial charge on any atom is 0.312 e. The monoisotopic (exact) mass is 405 g/mol. The normalized spacial score (nSPS) is 18.5. The van der Waals surface area contributed by atoms with E-state index >= 15 is 0 Å². The number of rotatable bonds is 9. The second-order valence-electron chi connectivity index (χ2n) is 8.18. The average Bonchev–Trinajstić information content (AvgIpc) is 2.79. The molecule has 1 fully saturated rings. The van der Waals surface area contributed by atoms with Crippen molar-refractivity contribution in [2.75, 3.05) is 0 Å². The number of carbonyl (C=O) groups is 1. The molecule has 0 aliphatic heterocycles. The number of carbonyl (C=O) groups excluding carboxylic acids is 1. The summed E-state index contributed by atoms with van der Waals surface area (Å²) in [4.78, 5) is 21.1. The van der Waals surface area contributed by atoms with Crippen molar-refractivity contribution in [2.45, 2.75) is 77.0 Å². The molecular formula is C25H31N3O2. The van der Waals surface area contributed by atoms with E-state index in [9.17, 15) is 4.79 Å². The van der Waals surface area contributed by atoms with Crippen molar-refractivity contribution >= 4 is 5.97 Å². The summed E-state index contributed by atoms with van der Waals surface area (Å²) in [6, 6.07) is 9.22. The molecule has 1 heterocycles. The van der Waals surface area contributed by atoms with Crippen LogP contribution in [0.2, 0.25) is 0 Å². The first-order valence-electron chi connectivity index (χ1n) is 11.2. The van der Waals surface area contributed by atoms with Gasteiger partial charge in [0, 0.05) is 18.8 Å². The zero-order valence-corrected chi connectivity index (χ0v) is 17.8. The van der Waals surface area contributed by atoms with Gasteiger partial charge in [0.2, 0.25) is 0 Å². The van der Waals surface area contributed by atoms with Gasteiger partial charge in [-0.2, -0.15) is 5.26 Å². The summed E-state index contributed by atoms with van der Waals surface area (Å²) < 4.78 is 5.43. The SMILES string of the molecule is CCCCCC1CCC(c2cnc(-c3ccccc3OC(=O)CCC#N)nc2)CC1. The Morgan fingerprint density at radius 2 is 1.87 bits per heavy atom. The van der Waals surface area contributed by atoms with Gasteiger partial charge in [-0.25, -0.2) is 9.97 Å². The Morgan fingerprint density at radius 3 is 2.57 bits per heavy atom. The van der Waals surface area contributed by atoms with Crippen LogP contribution in [0.15, 0.2) is 36.7 Å². The molecule has 2 aromatic rings. The zero-order valence-electron chi connectivity index (χ0n) is 17.8. The summed E-state index contributed by atoms with van der Waals surface area (Å²) in [6.07, 6.45) is 14.5. The quantitative estimate of drug-likeness (QED) is 0.282. The fourth-order valence-corrected chi connectivity index (χ4v) is 4.23. The van der Waals surface area contributed by atoms with Crippen LogP contribution in [0.3, 0.4) is 0 Å². The third-order valence-electron chi connectivity index (χ3n) is 6.00. The number of unbranched alkanes of at least 4 members (excludes halogenated alkanes) is 2. The van der Waals surface area contributed by atoms with Crippen molar-refractivity contribution in [3.8, 4) is 23.2 Å². The Labute approximate surface area is 179 Å². The Kier molecular flexibility index (Phi) is 8.38. The molecule has 0 amide bonds. The number of ether oxygens (including phenoxy) is 1. The number of para-hydroxylation sites is 1. The van der Waals surface area contributed by atoms with Crippen LogP contribution in [0, 0.1) is 17.2 Å². The van der Waals surface area contributed by atoms with Gasteiger partial charge in [0.25, 0.3) is 0 Å². The standard InChI is InChI=1S/C25H31N3O2/c1-2-3-4-8-19-12-14-20(15-13-19)21-17-27-25(28-18-21)22-9-5-6-10-23(22)30-24(29)11-7-16-26/h5-6,9-10,17-20H,2-4,7-8,11-15H2,1H3. The number of hydrogen-bond acceptors (Lipinski definition) is 5. The third-order valence-corrected chi connectivity index (χ3v) is 6.00. The van der Waals surface area contributed by atoms with E-state index in [1.165, 1.54) is 56.9 Å². The lowest BCUT2D eigenvalue weighted by atomic mass is 9.77. The molecule has 5 heteroatoms. The van der Waals surface area contributed by atoms with E-state index in [2.05, 4.69) is 16.9 Å². The van der Waals surface area contributed by atoms with Gasteiger partial charge < -0.3 is 4.74 Å². The Morgan fingerprint density at radius 1 is 1.13 bits per heavy atom. The smallest absolute Gasteiger partial charge is 0.312 e. The van der Waals surface area contributed by atoms with Gasteiger partial charge in [-0.1, -0.05) is 44.7 Å². The van der Waals surface area contributed by atoms with Gasteiger partial charge in [-0.3, -0.25) is 4.79 Å². The minimum Gasteiger partial charge on any atom is -0.426 e. The molecule has 1 aromatic carbocycles. The summed E-state index contributed by atoms with van der Waals surface area (Å²) in [6.45, 7) is 2.26. The highest BCUT2D eigenvalue weighted by atomic mass is 16.5. The van der Waals surface area contributed by atoms with E-state index in [-0.39, 0.29) is 12.8 Å². The molecule has 3 rings (SSSR count). The number of nitriles is 1. The number of benzene rings is 1. The zero-order chi connectivity index (χ0) is 21.2. The van der Waals surface area contributed by atoms with Crippen LogP contribution in [0.1, 0.15) is 82.6 Å². The Balaban J connectivity index is 1.61. The minimum atomic E-state index is -0.420. The topological polar surface area (TPSA) is 75.9 Å². The molecule has 158 valence electrons. The minimum absolute atomic E-state index is 0.0751. The van der Waals surface area contributed by atoms with Crippen molar-refractivity contribution in [2.24, 2.45) is 5.92 Å². The molecule has 1 aliphatic rings. The van der Waals surface area contributed by atoms with Crippen molar-refractivity contribution < 1.29 is 9.53 Å². The molecule has 30 heavy (non-hydrogen) atoms. The van der Waals surface area contributed by atoms with E-state index in [1.807, 2.05) is 36.7 Å². The predicted molar refractivity (Wildman–Crippen MR) is 117 cm³/mol. The summed E-state index contributed by atoms with van der Waals surface area (Å²) in [5.74, 6) is 1.99. The molecule has 0 saturated heterocycles. The first-order valence-corrected chi connectivity index (χ1v) is 11.2. The van der Waals surface area contributed by atoms with E-state index in [1.54, 1.807) is 6.07 Å². The first-order chi connectivity index (χ1) is 14.7. The fraction of sp³-hybridized carbons (Fsp3) is 0.520. The van der Waals surface area contributed by atoms with E-state index in [4.69, 9.17) is 10.00 Å². The predicted octanol–water partition coefficient (Wildman–Crippen LogP) is 6.21.